The number of nitro groups is 1. The van der Waals surface area contributed by atoms with Gasteiger partial charge in [-0.2, -0.15) is 14.9 Å². The zero-order chi connectivity index (χ0) is 19.6. The molecule has 0 radical (unpaired) electrons. The van der Waals surface area contributed by atoms with Crippen LogP contribution in [-0.2, 0) is 0 Å². The largest absolute Gasteiger partial charge is 0.378 e. The molecule has 0 saturated carbocycles. The number of aromatic nitrogens is 5. The van der Waals surface area contributed by atoms with Crippen LogP contribution in [0.5, 0.6) is 0 Å². The highest BCUT2D eigenvalue weighted by atomic mass is 16.6. The SMILES string of the molecule is CC(=NN=C(C)c1nnn(-c2nonc2N)c1C)c1ccc([N+](=O)[O-])cc1. The van der Waals surface area contributed by atoms with Crippen LogP contribution in [0, 0.1) is 17.0 Å². The van der Waals surface area contributed by atoms with Crippen LogP contribution in [0.25, 0.3) is 5.82 Å². The van der Waals surface area contributed by atoms with Crippen molar-refractivity contribution in [3.8, 4) is 5.82 Å². The van der Waals surface area contributed by atoms with Crippen LogP contribution in [0.2, 0.25) is 0 Å². The molecule has 0 saturated heterocycles. The van der Waals surface area contributed by atoms with Crippen molar-refractivity contribution in [2.75, 3.05) is 5.73 Å². The van der Waals surface area contributed by atoms with E-state index in [1.54, 1.807) is 32.9 Å². The van der Waals surface area contributed by atoms with E-state index in [1.165, 1.54) is 16.8 Å². The average Bonchev–Trinajstić information content (AvgIpc) is 3.24. The minimum Gasteiger partial charge on any atom is -0.378 e. The number of hydrogen-bond acceptors (Lipinski definition) is 10. The van der Waals surface area contributed by atoms with Crippen LogP contribution in [0.4, 0.5) is 11.5 Å². The molecular weight excluding hydrogens is 354 g/mol. The summed E-state index contributed by atoms with van der Waals surface area (Å²) in [6, 6.07) is 6.06. The van der Waals surface area contributed by atoms with Crippen LogP contribution in [0.15, 0.2) is 39.1 Å². The first-order valence-corrected chi connectivity index (χ1v) is 7.73. The number of hydrogen-bond donors (Lipinski definition) is 1. The number of nitrogens with zero attached hydrogens (tertiary/aromatic N) is 8. The number of non-ortho nitro benzene ring substituents is 1. The second-order valence-corrected chi connectivity index (χ2v) is 5.58. The smallest absolute Gasteiger partial charge is 0.269 e. The molecule has 2 aromatic heterocycles. The first-order chi connectivity index (χ1) is 12.9. The number of nitrogen functional groups attached to an aromatic ring is 1. The van der Waals surface area contributed by atoms with Gasteiger partial charge in [0.15, 0.2) is 0 Å². The van der Waals surface area contributed by atoms with E-state index in [-0.39, 0.29) is 17.3 Å². The summed E-state index contributed by atoms with van der Waals surface area (Å²) in [6.45, 7) is 5.26. The summed E-state index contributed by atoms with van der Waals surface area (Å²) in [5.41, 5.74) is 8.68. The maximum Gasteiger partial charge on any atom is 0.269 e. The van der Waals surface area contributed by atoms with Gasteiger partial charge in [-0.15, -0.1) is 5.10 Å². The maximum atomic E-state index is 10.7. The molecule has 0 aliphatic heterocycles. The van der Waals surface area contributed by atoms with Crippen LogP contribution < -0.4 is 5.73 Å². The third-order valence-electron chi connectivity index (χ3n) is 3.78. The standard InChI is InChI=1S/C15H15N9O3/c1-8(11-4-6-12(7-5-11)24(25)26)17-18-9(2)13-10(3)23(22-19-13)15-14(16)20-27-21-15/h4-7H,1-3H3,(H2,16,20). The van der Waals surface area contributed by atoms with E-state index in [2.05, 4.69) is 35.5 Å². The zero-order valence-electron chi connectivity index (χ0n) is 14.7. The average molecular weight is 369 g/mol. The Morgan fingerprint density at radius 3 is 2.44 bits per heavy atom. The summed E-state index contributed by atoms with van der Waals surface area (Å²) in [5, 5.41) is 34.3. The molecule has 27 heavy (non-hydrogen) atoms. The Morgan fingerprint density at radius 2 is 1.85 bits per heavy atom. The highest BCUT2D eigenvalue weighted by Crippen LogP contribution is 2.16. The first-order valence-electron chi connectivity index (χ1n) is 7.73. The van der Waals surface area contributed by atoms with Gasteiger partial charge in [0, 0.05) is 12.1 Å². The number of benzene rings is 1. The van der Waals surface area contributed by atoms with Gasteiger partial charge in [-0.05, 0) is 48.8 Å². The van der Waals surface area contributed by atoms with Crippen molar-refractivity contribution < 1.29 is 9.55 Å². The summed E-state index contributed by atoms with van der Waals surface area (Å²) < 4.78 is 5.96. The lowest BCUT2D eigenvalue weighted by molar-refractivity contribution is -0.384. The third-order valence-corrected chi connectivity index (χ3v) is 3.78. The fraction of sp³-hybridized carbons (Fsp3) is 0.200. The predicted octanol–water partition coefficient (Wildman–Crippen LogP) is 1.68. The molecule has 0 spiro atoms. The first kappa shape index (κ1) is 17.8. The Bertz CT molecular complexity index is 1050. The van der Waals surface area contributed by atoms with Gasteiger partial charge in [0.25, 0.3) is 5.69 Å². The van der Waals surface area contributed by atoms with Crippen molar-refractivity contribution in [3.05, 3.63) is 51.3 Å². The number of rotatable bonds is 5. The van der Waals surface area contributed by atoms with E-state index in [9.17, 15) is 10.1 Å². The molecule has 0 unspecified atom stereocenters. The molecule has 3 rings (SSSR count). The van der Waals surface area contributed by atoms with Gasteiger partial charge in [0.1, 0.15) is 5.69 Å². The van der Waals surface area contributed by atoms with Crippen LogP contribution in [0.3, 0.4) is 0 Å². The van der Waals surface area contributed by atoms with E-state index in [0.717, 1.165) is 5.56 Å². The summed E-state index contributed by atoms with van der Waals surface area (Å²) in [6.07, 6.45) is 0. The second kappa shape index (κ2) is 7.11. The number of nitro benzene ring substituents is 1. The predicted molar refractivity (Wildman–Crippen MR) is 95.9 cm³/mol. The lowest BCUT2D eigenvalue weighted by Gasteiger charge is -2.00. The molecule has 1 aromatic carbocycles. The third kappa shape index (κ3) is 3.53. The zero-order valence-corrected chi connectivity index (χ0v) is 14.7. The molecule has 0 bridgehead atoms. The van der Waals surface area contributed by atoms with Gasteiger partial charge in [0.2, 0.25) is 11.6 Å². The van der Waals surface area contributed by atoms with Crippen LogP contribution >= 0.6 is 0 Å². The lowest BCUT2D eigenvalue weighted by atomic mass is 10.1. The van der Waals surface area contributed by atoms with Crippen molar-refractivity contribution in [1.82, 2.24) is 25.3 Å². The van der Waals surface area contributed by atoms with Gasteiger partial charge in [-0.25, -0.2) is 4.63 Å². The molecule has 0 aliphatic carbocycles. The molecule has 138 valence electrons. The van der Waals surface area contributed by atoms with E-state index < -0.39 is 4.92 Å². The van der Waals surface area contributed by atoms with Gasteiger partial charge >= 0.3 is 0 Å². The quantitative estimate of drug-likeness (QED) is 0.403. The van der Waals surface area contributed by atoms with Gasteiger partial charge < -0.3 is 5.73 Å². The monoisotopic (exact) mass is 369 g/mol. The van der Waals surface area contributed by atoms with E-state index >= 15 is 0 Å². The Kier molecular flexibility index (Phi) is 4.70. The van der Waals surface area contributed by atoms with Crippen molar-refractivity contribution in [3.63, 3.8) is 0 Å². The summed E-state index contributed by atoms with van der Waals surface area (Å²) in [7, 11) is 0. The fourth-order valence-corrected chi connectivity index (χ4v) is 2.28. The summed E-state index contributed by atoms with van der Waals surface area (Å²) >= 11 is 0. The Hall–Kier alpha value is -3.96. The van der Waals surface area contributed by atoms with Crippen LogP contribution in [0.1, 0.15) is 30.8 Å². The molecule has 0 atom stereocenters. The number of anilines is 1. The summed E-state index contributed by atoms with van der Waals surface area (Å²) in [5.74, 6) is 0.334. The second-order valence-electron chi connectivity index (χ2n) is 5.58. The molecule has 12 heteroatoms. The van der Waals surface area contributed by atoms with E-state index in [0.29, 0.717) is 22.8 Å². The van der Waals surface area contributed by atoms with Gasteiger partial charge in [-0.1, -0.05) is 5.21 Å². The molecule has 0 aliphatic rings. The molecule has 0 amide bonds. The Balaban J connectivity index is 1.85. The molecule has 0 fully saturated rings. The summed E-state index contributed by atoms with van der Waals surface area (Å²) in [4.78, 5) is 10.3. The molecule has 2 N–H and O–H groups in total. The molecular formula is C15H15N9O3. The minimum absolute atomic E-state index is 0.0140. The fourth-order valence-electron chi connectivity index (χ4n) is 2.28. The van der Waals surface area contributed by atoms with Crippen molar-refractivity contribution in [2.24, 2.45) is 10.2 Å². The van der Waals surface area contributed by atoms with E-state index in [4.69, 9.17) is 5.73 Å². The van der Waals surface area contributed by atoms with Crippen LogP contribution in [-0.4, -0.2) is 41.7 Å². The van der Waals surface area contributed by atoms with Gasteiger partial charge in [-0.3, -0.25) is 10.1 Å². The molecule has 12 nitrogen and oxygen atoms in total. The van der Waals surface area contributed by atoms with Crippen molar-refractivity contribution in [2.45, 2.75) is 20.8 Å². The highest BCUT2D eigenvalue weighted by Gasteiger charge is 2.17. The normalized spacial score (nSPS) is 12.4. The van der Waals surface area contributed by atoms with E-state index in [1.807, 2.05) is 0 Å². The van der Waals surface area contributed by atoms with Crippen molar-refractivity contribution >= 4 is 22.9 Å². The Labute approximate surface area is 152 Å². The lowest BCUT2D eigenvalue weighted by Crippen LogP contribution is -2.04. The molecule has 3 aromatic rings. The topological polar surface area (TPSA) is 164 Å². The molecule has 2 heterocycles. The Morgan fingerprint density at radius 1 is 1.19 bits per heavy atom. The maximum absolute atomic E-state index is 10.7. The highest BCUT2D eigenvalue weighted by molar-refractivity contribution is 6.01. The van der Waals surface area contributed by atoms with Crippen molar-refractivity contribution in [1.29, 1.82) is 0 Å². The number of nitrogens with two attached hydrogens (primary N) is 1. The minimum atomic E-state index is -0.457. The van der Waals surface area contributed by atoms with Gasteiger partial charge in [0.05, 0.1) is 22.0 Å².